The highest BCUT2D eigenvalue weighted by atomic mass is 32.1. The van der Waals surface area contributed by atoms with E-state index in [0.29, 0.717) is 24.5 Å². The van der Waals surface area contributed by atoms with E-state index in [0.717, 1.165) is 0 Å². The molecule has 0 radical (unpaired) electrons. The number of hydrogen-bond donors (Lipinski definition) is 1. The minimum atomic E-state index is -0.557. The number of Topliss-reactive ketones (excluding diaryl/α,β-unsaturated/α-hetero) is 1. The summed E-state index contributed by atoms with van der Waals surface area (Å²) < 4.78 is 5.39. The van der Waals surface area contributed by atoms with Crippen molar-refractivity contribution in [3.8, 4) is 0 Å². The standard InChI is InChI=1S/C14H20N2O3S/c1-14(2,3)19-13(18)16-7-6-15-9-10(16)12(17)11-5-4-8-20-11/h4-5,8,10,15H,6-7,9H2,1-3H3. The minimum Gasteiger partial charge on any atom is -0.444 e. The Morgan fingerprint density at radius 3 is 2.80 bits per heavy atom. The number of rotatable bonds is 2. The summed E-state index contributed by atoms with van der Waals surface area (Å²) in [7, 11) is 0. The summed E-state index contributed by atoms with van der Waals surface area (Å²) in [6, 6.07) is 3.14. The molecule has 1 fully saturated rings. The summed E-state index contributed by atoms with van der Waals surface area (Å²) >= 11 is 1.40. The molecular formula is C14H20N2O3S. The van der Waals surface area contributed by atoms with E-state index in [-0.39, 0.29) is 5.78 Å². The Morgan fingerprint density at radius 2 is 2.20 bits per heavy atom. The lowest BCUT2D eigenvalue weighted by Gasteiger charge is -2.36. The molecule has 1 aromatic heterocycles. The molecule has 0 aromatic carbocycles. The number of ketones is 1. The Kier molecular flexibility index (Phi) is 4.45. The Labute approximate surface area is 122 Å². The number of amides is 1. The first-order valence-corrected chi connectivity index (χ1v) is 7.54. The van der Waals surface area contributed by atoms with Crippen LogP contribution in [0.15, 0.2) is 17.5 Å². The highest BCUT2D eigenvalue weighted by Crippen LogP contribution is 2.18. The van der Waals surface area contributed by atoms with Crippen molar-refractivity contribution >= 4 is 23.2 Å². The summed E-state index contributed by atoms with van der Waals surface area (Å²) in [6.07, 6.45) is -0.422. The van der Waals surface area contributed by atoms with Gasteiger partial charge >= 0.3 is 6.09 Å². The van der Waals surface area contributed by atoms with Crippen LogP contribution in [0.5, 0.6) is 0 Å². The van der Waals surface area contributed by atoms with Gasteiger partial charge in [0.05, 0.1) is 4.88 Å². The second-order valence-corrected chi connectivity index (χ2v) is 6.68. The van der Waals surface area contributed by atoms with E-state index in [4.69, 9.17) is 4.74 Å². The molecule has 0 aliphatic carbocycles. The second kappa shape index (κ2) is 5.93. The summed E-state index contributed by atoms with van der Waals surface area (Å²) in [5.74, 6) is -0.0296. The highest BCUT2D eigenvalue weighted by molar-refractivity contribution is 7.12. The number of hydrogen-bond acceptors (Lipinski definition) is 5. The Balaban J connectivity index is 2.13. The first-order chi connectivity index (χ1) is 9.38. The Hall–Kier alpha value is -1.40. The molecule has 1 amide bonds. The number of carbonyl (C=O) groups is 2. The zero-order chi connectivity index (χ0) is 14.8. The number of carbonyl (C=O) groups excluding carboxylic acids is 2. The quantitative estimate of drug-likeness (QED) is 0.850. The minimum absolute atomic E-state index is 0.0296. The van der Waals surface area contributed by atoms with Gasteiger partial charge in [-0.05, 0) is 32.2 Å². The molecular weight excluding hydrogens is 276 g/mol. The molecule has 20 heavy (non-hydrogen) atoms. The normalized spacial score (nSPS) is 19.8. The zero-order valence-electron chi connectivity index (χ0n) is 12.0. The van der Waals surface area contributed by atoms with E-state index in [1.807, 2.05) is 32.2 Å². The fourth-order valence-corrected chi connectivity index (χ4v) is 2.77. The lowest BCUT2D eigenvalue weighted by Crippen LogP contribution is -2.57. The SMILES string of the molecule is CC(C)(C)OC(=O)N1CCNCC1C(=O)c1cccs1. The van der Waals surface area contributed by atoms with E-state index in [2.05, 4.69) is 5.32 Å². The molecule has 2 rings (SSSR count). The molecule has 1 aromatic rings. The van der Waals surface area contributed by atoms with Crippen molar-refractivity contribution in [2.75, 3.05) is 19.6 Å². The van der Waals surface area contributed by atoms with Gasteiger partial charge in [-0.1, -0.05) is 6.07 Å². The first-order valence-electron chi connectivity index (χ1n) is 6.66. The van der Waals surface area contributed by atoms with Gasteiger partial charge < -0.3 is 10.1 Å². The highest BCUT2D eigenvalue weighted by Gasteiger charge is 2.35. The lowest BCUT2D eigenvalue weighted by molar-refractivity contribution is 0.0125. The van der Waals surface area contributed by atoms with Crippen LogP contribution in [0.4, 0.5) is 4.79 Å². The molecule has 0 saturated carbocycles. The van der Waals surface area contributed by atoms with Crippen molar-refractivity contribution in [3.05, 3.63) is 22.4 Å². The fraction of sp³-hybridized carbons (Fsp3) is 0.571. The van der Waals surface area contributed by atoms with Crippen LogP contribution in [0.25, 0.3) is 0 Å². The molecule has 0 bridgehead atoms. The van der Waals surface area contributed by atoms with Gasteiger partial charge in [0.15, 0.2) is 5.78 Å². The van der Waals surface area contributed by atoms with E-state index in [1.54, 1.807) is 6.07 Å². The zero-order valence-corrected chi connectivity index (χ0v) is 12.8. The molecule has 110 valence electrons. The van der Waals surface area contributed by atoms with Crippen molar-refractivity contribution in [2.45, 2.75) is 32.4 Å². The molecule has 1 atom stereocenters. The van der Waals surface area contributed by atoms with Crippen molar-refractivity contribution < 1.29 is 14.3 Å². The number of piperazine rings is 1. The molecule has 0 spiro atoms. The van der Waals surface area contributed by atoms with Crippen LogP contribution in [-0.2, 0) is 4.74 Å². The molecule has 1 unspecified atom stereocenters. The number of thiophene rings is 1. The summed E-state index contributed by atoms with van der Waals surface area (Å²) in [4.78, 5) is 26.9. The third-order valence-electron chi connectivity index (χ3n) is 2.94. The number of ether oxygens (including phenoxy) is 1. The molecule has 1 aliphatic heterocycles. The first kappa shape index (κ1) is 15.0. The van der Waals surface area contributed by atoms with E-state index < -0.39 is 17.7 Å². The molecule has 2 heterocycles. The summed E-state index contributed by atoms with van der Waals surface area (Å²) in [5.41, 5.74) is -0.557. The van der Waals surface area contributed by atoms with Gasteiger partial charge in [-0.3, -0.25) is 9.69 Å². The van der Waals surface area contributed by atoms with Gasteiger partial charge in [0.2, 0.25) is 0 Å². The van der Waals surface area contributed by atoms with Crippen molar-refractivity contribution in [2.24, 2.45) is 0 Å². The van der Waals surface area contributed by atoms with Crippen LogP contribution >= 0.6 is 11.3 Å². The van der Waals surface area contributed by atoms with Crippen LogP contribution in [0.2, 0.25) is 0 Å². The average molecular weight is 296 g/mol. The van der Waals surface area contributed by atoms with E-state index >= 15 is 0 Å². The lowest BCUT2D eigenvalue weighted by atomic mass is 10.1. The maximum atomic E-state index is 12.5. The predicted octanol–water partition coefficient (Wildman–Crippen LogP) is 2.14. The Morgan fingerprint density at radius 1 is 1.45 bits per heavy atom. The average Bonchev–Trinajstić information content (AvgIpc) is 2.89. The van der Waals surface area contributed by atoms with Gasteiger partial charge in [-0.2, -0.15) is 0 Å². The predicted molar refractivity (Wildman–Crippen MR) is 78.2 cm³/mol. The van der Waals surface area contributed by atoms with Gasteiger partial charge in [-0.15, -0.1) is 11.3 Å². The van der Waals surface area contributed by atoms with Crippen LogP contribution in [-0.4, -0.2) is 48.1 Å². The third kappa shape index (κ3) is 3.58. The molecule has 5 nitrogen and oxygen atoms in total. The van der Waals surface area contributed by atoms with Crippen molar-refractivity contribution in [3.63, 3.8) is 0 Å². The molecule has 1 aliphatic rings. The van der Waals surface area contributed by atoms with Crippen molar-refractivity contribution in [1.82, 2.24) is 10.2 Å². The summed E-state index contributed by atoms with van der Waals surface area (Å²) in [5, 5.41) is 5.02. The number of nitrogens with zero attached hydrogens (tertiary/aromatic N) is 1. The van der Waals surface area contributed by atoms with Crippen LogP contribution in [0.1, 0.15) is 30.4 Å². The molecule has 1 N–H and O–H groups in total. The third-order valence-corrected chi connectivity index (χ3v) is 3.82. The Bertz CT molecular complexity index is 479. The topological polar surface area (TPSA) is 58.6 Å². The molecule has 6 heteroatoms. The number of nitrogens with one attached hydrogen (secondary N) is 1. The van der Waals surface area contributed by atoms with Crippen LogP contribution in [0.3, 0.4) is 0 Å². The maximum absolute atomic E-state index is 12.5. The van der Waals surface area contributed by atoms with Gasteiger partial charge in [0.1, 0.15) is 11.6 Å². The van der Waals surface area contributed by atoms with Crippen LogP contribution in [0, 0.1) is 0 Å². The van der Waals surface area contributed by atoms with Gasteiger partial charge in [-0.25, -0.2) is 4.79 Å². The monoisotopic (exact) mass is 296 g/mol. The van der Waals surface area contributed by atoms with E-state index in [1.165, 1.54) is 16.2 Å². The van der Waals surface area contributed by atoms with Gasteiger partial charge in [0, 0.05) is 19.6 Å². The second-order valence-electron chi connectivity index (χ2n) is 5.74. The molecule has 1 saturated heterocycles. The van der Waals surface area contributed by atoms with E-state index in [9.17, 15) is 9.59 Å². The maximum Gasteiger partial charge on any atom is 0.411 e. The largest absolute Gasteiger partial charge is 0.444 e. The van der Waals surface area contributed by atoms with Crippen LogP contribution < -0.4 is 5.32 Å². The van der Waals surface area contributed by atoms with Crippen molar-refractivity contribution in [1.29, 1.82) is 0 Å². The fourth-order valence-electron chi connectivity index (χ4n) is 2.06. The smallest absolute Gasteiger partial charge is 0.411 e. The summed E-state index contributed by atoms with van der Waals surface area (Å²) in [6.45, 7) is 7.09. The van der Waals surface area contributed by atoms with Gasteiger partial charge in [0.25, 0.3) is 0 Å².